The lowest BCUT2D eigenvalue weighted by Crippen LogP contribution is -2.21. The molecule has 0 unspecified atom stereocenters. The molecule has 3 aromatic heterocycles. The number of rotatable bonds is 4. The van der Waals surface area contributed by atoms with Gasteiger partial charge in [0.25, 0.3) is 0 Å². The van der Waals surface area contributed by atoms with Gasteiger partial charge in [0.05, 0.1) is 28.9 Å². The second-order valence-electron chi connectivity index (χ2n) is 5.99. The smallest absolute Gasteiger partial charge is 0.249 e. The Labute approximate surface area is 142 Å². The topological polar surface area (TPSA) is 97.3 Å². The minimum Gasteiger partial charge on any atom is -0.390 e. The maximum absolute atomic E-state index is 11.6. The molecular weight excluding hydrogens is 326 g/mol. The predicted molar refractivity (Wildman–Crippen MR) is 90.7 cm³/mol. The molecule has 1 saturated heterocycles. The monoisotopic (exact) mass is 343 g/mol. The Balaban J connectivity index is 1.63. The van der Waals surface area contributed by atoms with E-state index in [0.29, 0.717) is 24.3 Å². The van der Waals surface area contributed by atoms with E-state index in [1.165, 1.54) is 0 Å². The Morgan fingerprint density at radius 2 is 2.25 bits per heavy atom. The van der Waals surface area contributed by atoms with Crippen molar-refractivity contribution in [2.24, 2.45) is 5.73 Å². The van der Waals surface area contributed by atoms with Crippen LogP contribution in [0, 0.1) is 0 Å². The number of amides is 1. The van der Waals surface area contributed by atoms with E-state index in [-0.39, 0.29) is 6.04 Å². The normalized spacial score (nSPS) is 21.5. The van der Waals surface area contributed by atoms with E-state index < -0.39 is 12.0 Å². The molecule has 0 aliphatic carbocycles. The molecule has 7 nitrogen and oxygen atoms in total. The molecule has 4 rings (SSSR count). The summed E-state index contributed by atoms with van der Waals surface area (Å²) in [6, 6.07) is 3.34. The van der Waals surface area contributed by atoms with Gasteiger partial charge < -0.3 is 15.4 Å². The maximum Gasteiger partial charge on any atom is 0.249 e. The summed E-state index contributed by atoms with van der Waals surface area (Å²) in [5.41, 5.74) is 9.38. The van der Waals surface area contributed by atoms with Crippen molar-refractivity contribution in [3.63, 3.8) is 0 Å². The van der Waals surface area contributed by atoms with Crippen LogP contribution in [0.4, 0.5) is 0 Å². The van der Waals surface area contributed by atoms with Crippen LogP contribution in [0.25, 0.3) is 11.0 Å². The van der Waals surface area contributed by atoms with E-state index in [9.17, 15) is 9.90 Å². The van der Waals surface area contributed by atoms with Crippen LogP contribution >= 0.6 is 11.3 Å². The van der Waals surface area contributed by atoms with Crippen molar-refractivity contribution in [3.05, 3.63) is 46.7 Å². The van der Waals surface area contributed by atoms with Gasteiger partial charge in [-0.2, -0.15) is 0 Å². The van der Waals surface area contributed by atoms with E-state index in [0.717, 1.165) is 17.6 Å². The summed E-state index contributed by atoms with van der Waals surface area (Å²) < 4.78 is 1.94. The molecular formula is C16H17N5O2S. The summed E-state index contributed by atoms with van der Waals surface area (Å²) >= 11 is 1.57. The average molecular weight is 343 g/mol. The Bertz CT molecular complexity index is 876. The molecule has 24 heavy (non-hydrogen) atoms. The Kier molecular flexibility index (Phi) is 3.79. The molecule has 1 aliphatic rings. The van der Waals surface area contributed by atoms with Gasteiger partial charge in [-0.25, -0.2) is 9.97 Å². The lowest BCUT2D eigenvalue weighted by atomic mass is 10.2. The van der Waals surface area contributed by atoms with Gasteiger partial charge in [-0.15, -0.1) is 11.3 Å². The SMILES string of the molecule is NC(=O)c1ccnc2c1ccn2[C@@H]1CN(Cc2cscn2)C[C@H]1O. The summed E-state index contributed by atoms with van der Waals surface area (Å²) in [6.07, 6.45) is 2.94. The average Bonchev–Trinajstić information content (AvgIpc) is 3.27. The molecule has 0 bridgehead atoms. The molecule has 3 aromatic rings. The number of thiazole rings is 1. The molecule has 1 aliphatic heterocycles. The van der Waals surface area contributed by atoms with Gasteiger partial charge in [-0.05, 0) is 12.1 Å². The van der Waals surface area contributed by atoms with Gasteiger partial charge in [0, 0.05) is 42.8 Å². The summed E-state index contributed by atoms with van der Waals surface area (Å²) in [4.78, 5) is 22.4. The number of aliphatic hydroxyl groups is 1. The zero-order chi connectivity index (χ0) is 16.7. The fourth-order valence-electron chi connectivity index (χ4n) is 3.33. The second kappa shape index (κ2) is 5.97. The quantitative estimate of drug-likeness (QED) is 0.737. The molecule has 2 atom stereocenters. The van der Waals surface area contributed by atoms with Gasteiger partial charge >= 0.3 is 0 Å². The zero-order valence-corrected chi connectivity index (χ0v) is 13.7. The minimum atomic E-state index is -0.502. The van der Waals surface area contributed by atoms with Crippen molar-refractivity contribution in [1.82, 2.24) is 19.4 Å². The Morgan fingerprint density at radius 1 is 1.38 bits per heavy atom. The minimum absolute atomic E-state index is 0.114. The molecule has 0 saturated carbocycles. The number of β-amino-alcohol motifs (C(OH)–C–C–N with tert-alkyl or cyclic N) is 1. The molecule has 4 heterocycles. The molecule has 0 spiro atoms. The predicted octanol–water partition coefficient (Wildman–Crippen LogP) is 1.01. The number of pyridine rings is 1. The van der Waals surface area contributed by atoms with Gasteiger partial charge in [-0.3, -0.25) is 9.69 Å². The van der Waals surface area contributed by atoms with Crippen molar-refractivity contribution < 1.29 is 9.90 Å². The van der Waals surface area contributed by atoms with Crippen LogP contribution in [0.15, 0.2) is 35.4 Å². The van der Waals surface area contributed by atoms with Gasteiger partial charge in [0.15, 0.2) is 0 Å². The molecule has 0 aromatic carbocycles. The molecule has 0 radical (unpaired) electrons. The first-order valence-corrected chi connectivity index (χ1v) is 8.60. The number of fused-ring (bicyclic) bond motifs is 1. The van der Waals surface area contributed by atoms with E-state index in [1.54, 1.807) is 23.6 Å². The molecule has 1 amide bonds. The first kappa shape index (κ1) is 15.3. The first-order valence-electron chi connectivity index (χ1n) is 7.66. The summed E-state index contributed by atoms with van der Waals surface area (Å²) in [7, 11) is 0. The number of hydrogen-bond donors (Lipinski definition) is 2. The number of nitrogens with two attached hydrogens (primary N) is 1. The highest BCUT2D eigenvalue weighted by Gasteiger charge is 2.33. The van der Waals surface area contributed by atoms with Crippen molar-refractivity contribution in [3.8, 4) is 0 Å². The highest BCUT2D eigenvalue weighted by molar-refractivity contribution is 7.07. The largest absolute Gasteiger partial charge is 0.390 e. The zero-order valence-electron chi connectivity index (χ0n) is 12.9. The molecule has 8 heteroatoms. The number of carbonyl (C=O) groups is 1. The van der Waals surface area contributed by atoms with Gasteiger partial charge in [-0.1, -0.05) is 0 Å². The molecule has 124 valence electrons. The number of likely N-dealkylation sites (tertiary alicyclic amines) is 1. The summed E-state index contributed by atoms with van der Waals surface area (Å²) in [5, 5.41) is 13.2. The van der Waals surface area contributed by atoms with E-state index in [2.05, 4.69) is 14.9 Å². The number of aliphatic hydroxyl groups excluding tert-OH is 1. The van der Waals surface area contributed by atoms with E-state index in [1.807, 2.05) is 27.7 Å². The first-order chi connectivity index (χ1) is 11.6. The fourth-order valence-corrected chi connectivity index (χ4v) is 3.88. The highest BCUT2D eigenvalue weighted by atomic mass is 32.1. The van der Waals surface area contributed by atoms with Gasteiger partial charge in [0.1, 0.15) is 5.65 Å². The maximum atomic E-state index is 11.6. The highest BCUT2D eigenvalue weighted by Crippen LogP contribution is 2.28. The van der Waals surface area contributed by atoms with Crippen LogP contribution < -0.4 is 5.73 Å². The van der Waals surface area contributed by atoms with Crippen LogP contribution in [-0.2, 0) is 6.54 Å². The van der Waals surface area contributed by atoms with Crippen LogP contribution in [-0.4, -0.2) is 49.6 Å². The number of nitrogens with zero attached hydrogens (tertiary/aromatic N) is 4. The third kappa shape index (κ3) is 2.58. The summed E-state index contributed by atoms with van der Waals surface area (Å²) in [6.45, 7) is 2.00. The standard InChI is InChI=1S/C16H17N5O2S/c17-15(23)11-1-3-18-16-12(11)2-4-21(16)13-6-20(7-14(13)22)5-10-8-24-9-19-10/h1-4,8-9,13-14,22H,5-7H2,(H2,17,23)/t13-,14-/m1/s1. The van der Waals surface area contributed by atoms with E-state index >= 15 is 0 Å². The third-order valence-corrected chi connectivity index (χ3v) is 5.08. The second-order valence-corrected chi connectivity index (χ2v) is 6.71. The number of aromatic nitrogens is 3. The fraction of sp³-hybridized carbons (Fsp3) is 0.312. The summed E-state index contributed by atoms with van der Waals surface area (Å²) in [5.74, 6) is -0.475. The van der Waals surface area contributed by atoms with Crippen LogP contribution in [0.2, 0.25) is 0 Å². The Hall–Kier alpha value is -2.29. The van der Waals surface area contributed by atoms with Crippen molar-refractivity contribution in [2.75, 3.05) is 13.1 Å². The van der Waals surface area contributed by atoms with Gasteiger partial charge in [0.2, 0.25) is 5.91 Å². The van der Waals surface area contributed by atoms with Crippen molar-refractivity contribution in [2.45, 2.75) is 18.7 Å². The number of hydrogen-bond acceptors (Lipinski definition) is 6. The third-order valence-electron chi connectivity index (χ3n) is 4.44. The number of primary amides is 1. The molecule has 1 fully saturated rings. The van der Waals surface area contributed by atoms with Crippen molar-refractivity contribution in [1.29, 1.82) is 0 Å². The van der Waals surface area contributed by atoms with Crippen molar-refractivity contribution >= 4 is 28.3 Å². The lowest BCUT2D eigenvalue weighted by Gasteiger charge is -2.17. The van der Waals surface area contributed by atoms with Crippen LogP contribution in [0.1, 0.15) is 22.1 Å². The van der Waals surface area contributed by atoms with Crippen LogP contribution in [0.3, 0.4) is 0 Å². The number of carbonyl (C=O) groups excluding carboxylic acids is 1. The van der Waals surface area contributed by atoms with Crippen LogP contribution in [0.5, 0.6) is 0 Å². The van der Waals surface area contributed by atoms with E-state index in [4.69, 9.17) is 5.73 Å². The lowest BCUT2D eigenvalue weighted by molar-refractivity contribution is 0.100. The molecule has 3 N–H and O–H groups in total. The Morgan fingerprint density at radius 3 is 3.00 bits per heavy atom.